The number of nitro groups is 1. The van der Waals surface area contributed by atoms with Crippen LogP contribution in [0.1, 0.15) is 5.76 Å². The summed E-state index contributed by atoms with van der Waals surface area (Å²) < 4.78 is 6.45. The number of nitro benzene ring substituents is 1. The zero-order valence-electron chi connectivity index (χ0n) is 15.6. The van der Waals surface area contributed by atoms with Crippen molar-refractivity contribution in [1.82, 2.24) is 5.32 Å². The van der Waals surface area contributed by atoms with Gasteiger partial charge in [0.2, 0.25) is 0 Å². The average Bonchev–Trinajstić information content (AvgIpc) is 3.20. The number of thiocarbonyl (C=S) groups is 1. The first-order valence-electron chi connectivity index (χ1n) is 8.85. The molecule has 3 aromatic rings. The summed E-state index contributed by atoms with van der Waals surface area (Å²) in [4.78, 5) is 37.2. The summed E-state index contributed by atoms with van der Waals surface area (Å²) in [6.07, 6.45) is 1.31. The molecule has 0 bridgehead atoms. The minimum absolute atomic E-state index is 0.0259. The fourth-order valence-corrected chi connectivity index (χ4v) is 3.68. The van der Waals surface area contributed by atoms with Gasteiger partial charge in [-0.15, -0.1) is 0 Å². The van der Waals surface area contributed by atoms with Gasteiger partial charge in [0, 0.05) is 22.2 Å². The van der Waals surface area contributed by atoms with E-state index >= 15 is 0 Å². The molecule has 10 heteroatoms. The van der Waals surface area contributed by atoms with Crippen molar-refractivity contribution in [2.24, 2.45) is 0 Å². The molecule has 0 atom stereocenters. The quantitative estimate of drug-likeness (QED) is 0.187. The lowest BCUT2D eigenvalue weighted by molar-refractivity contribution is -0.384. The van der Waals surface area contributed by atoms with Crippen molar-refractivity contribution in [3.63, 3.8) is 0 Å². The molecule has 8 nitrogen and oxygen atoms in total. The number of amides is 2. The van der Waals surface area contributed by atoms with Gasteiger partial charge in [0.15, 0.2) is 5.11 Å². The third-order valence-electron chi connectivity index (χ3n) is 4.42. The van der Waals surface area contributed by atoms with Gasteiger partial charge in [0.1, 0.15) is 17.1 Å². The van der Waals surface area contributed by atoms with Crippen LogP contribution in [0, 0.1) is 10.1 Å². The van der Waals surface area contributed by atoms with Gasteiger partial charge in [0.05, 0.1) is 10.6 Å². The molecule has 4 rings (SSSR count). The monoisotopic (exact) mass is 497 g/mol. The largest absolute Gasteiger partial charge is 0.457 e. The molecule has 0 saturated carbocycles. The van der Waals surface area contributed by atoms with Gasteiger partial charge in [0.25, 0.3) is 17.5 Å². The topological polar surface area (TPSA) is 106 Å². The zero-order chi connectivity index (χ0) is 22.1. The minimum atomic E-state index is -0.644. The maximum absolute atomic E-state index is 13.0. The van der Waals surface area contributed by atoms with Crippen molar-refractivity contribution >= 4 is 62.5 Å². The van der Waals surface area contributed by atoms with Crippen molar-refractivity contribution in [2.75, 3.05) is 4.90 Å². The Morgan fingerprint density at radius 2 is 1.87 bits per heavy atom. The number of nitrogens with zero attached hydrogens (tertiary/aromatic N) is 2. The number of non-ortho nitro benzene ring substituents is 1. The Kier molecular flexibility index (Phi) is 5.49. The van der Waals surface area contributed by atoms with E-state index in [1.165, 1.54) is 23.1 Å². The van der Waals surface area contributed by atoms with Crippen LogP contribution in [0.5, 0.6) is 0 Å². The summed E-state index contributed by atoms with van der Waals surface area (Å²) in [5.41, 5.74) is 0.754. The standard InChI is InChI=1S/C21H12BrN3O5S/c22-13-4-2-5-14(10-13)24-20(27)17(19(26)23-21(24)31)11-16-7-8-18(30-16)12-3-1-6-15(9-12)25(28)29/h1-11H,(H,23,26,31)/b17-11+. The maximum Gasteiger partial charge on any atom is 0.270 e. The molecular weight excluding hydrogens is 486 g/mol. The highest BCUT2D eigenvalue weighted by Crippen LogP contribution is 2.28. The first kappa shape index (κ1) is 20.6. The lowest BCUT2D eigenvalue weighted by Gasteiger charge is -2.28. The van der Waals surface area contributed by atoms with E-state index in [0.29, 0.717) is 17.0 Å². The van der Waals surface area contributed by atoms with Gasteiger partial charge in [-0.2, -0.15) is 0 Å². The molecule has 1 N–H and O–H groups in total. The summed E-state index contributed by atoms with van der Waals surface area (Å²) in [5.74, 6) is -0.643. The average molecular weight is 498 g/mol. The molecule has 0 radical (unpaired) electrons. The van der Waals surface area contributed by atoms with Gasteiger partial charge >= 0.3 is 0 Å². The van der Waals surface area contributed by atoms with Gasteiger partial charge in [-0.3, -0.25) is 29.9 Å². The van der Waals surface area contributed by atoms with E-state index in [1.807, 2.05) is 0 Å². The van der Waals surface area contributed by atoms with Gasteiger partial charge in [-0.05, 0) is 48.6 Å². The third-order valence-corrected chi connectivity index (χ3v) is 5.20. The highest BCUT2D eigenvalue weighted by Gasteiger charge is 2.34. The summed E-state index contributed by atoms with van der Waals surface area (Å²) in [6, 6.07) is 16.1. The van der Waals surface area contributed by atoms with Crippen LogP contribution < -0.4 is 10.2 Å². The van der Waals surface area contributed by atoms with E-state index in [2.05, 4.69) is 21.2 Å². The molecule has 1 aromatic heterocycles. The Hall–Kier alpha value is -3.63. The highest BCUT2D eigenvalue weighted by molar-refractivity contribution is 9.10. The lowest BCUT2D eigenvalue weighted by Crippen LogP contribution is -2.54. The summed E-state index contributed by atoms with van der Waals surface area (Å²) >= 11 is 8.53. The molecule has 2 aromatic carbocycles. The van der Waals surface area contributed by atoms with E-state index in [0.717, 1.165) is 4.47 Å². The first-order valence-corrected chi connectivity index (χ1v) is 10.1. The fourth-order valence-electron chi connectivity index (χ4n) is 3.01. The molecule has 2 heterocycles. The fraction of sp³-hybridized carbons (Fsp3) is 0. The highest BCUT2D eigenvalue weighted by atomic mass is 79.9. The van der Waals surface area contributed by atoms with Crippen molar-refractivity contribution in [3.8, 4) is 11.3 Å². The van der Waals surface area contributed by atoms with Crippen LogP contribution in [0.3, 0.4) is 0 Å². The number of carbonyl (C=O) groups excluding carboxylic acids is 2. The van der Waals surface area contributed by atoms with Crippen LogP contribution in [0.4, 0.5) is 11.4 Å². The predicted octanol–water partition coefficient (Wildman–Crippen LogP) is 4.45. The van der Waals surface area contributed by atoms with Crippen LogP contribution in [-0.4, -0.2) is 21.9 Å². The van der Waals surface area contributed by atoms with Crippen LogP contribution in [-0.2, 0) is 9.59 Å². The third kappa shape index (κ3) is 4.16. The van der Waals surface area contributed by atoms with Gasteiger partial charge < -0.3 is 4.42 Å². The molecule has 1 fully saturated rings. The molecule has 154 valence electrons. The van der Waals surface area contributed by atoms with E-state index in [-0.39, 0.29) is 22.1 Å². The summed E-state index contributed by atoms with van der Waals surface area (Å²) in [6.45, 7) is 0. The second-order valence-electron chi connectivity index (χ2n) is 6.45. The number of furan rings is 1. The Balaban J connectivity index is 1.67. The maximum atomic E-state index is 13.0. The SMILES string of the molecule is O=C1NC(=S)N(c2cccc(Br)c2)C(=O)/C1=C/c1ccc(-c2cccc([N+](=O)[O-])c2)o1. The van der Waals surface area contributed by atoms with Crippen molar-refractivity contribution < 1.29 is 18.9 Å². The second kappa shape index (κ2) is 8.25. The van der Waals surface area contributed by atoms with Crippen molar-refractivity contribution in [2.45, 2.75) is 0 Å². The van der Waals surface area contributed by atoms with E-state index in [9.17, 15) is 19.7 Å². The number of rotatable bonds is 4. The second-order valence-corrected chi connectivity index (χ2v) is 7.75. The molecule has 0 aliphatic carbocycles. The molecule has 1 aliphatic heterocycles. The van der Waals surface area contributed by atoms with E-state index in [1.54, 1.807) is 48.5 Å². The number of hydrogen-bond acceptors (Lipinski definition) is 6. The summed E-state index contributed by atoms with van der Waals surface area (Å²) in [7, 11) is 0. The van der Waals surface area contributed by atoms with Crippen LogP contribution in [0.2, 0.25) is 0 Å². The molecule has 2 amide bonds. The first-order chi connectivity index (χ1) is 14.8. The zero-order valence-corrected chi connectivity index (χ0v) is 18.0. The Morgan fingerprint density at radius 1 is 1.10 bits per heavy atom. The Morgan fingerprint density at radius 3 is 2.61 bits per heavy atom. The van der Waals surface area contributed by atoms with Crippen molar-refractivity contribution in [3.05, 3.63) is 86.6 Å². The van der Waals surface area contributed by atoms with Crippen molar-refractivity contribution in [1.29, 1.82) is 0 Å². The normalized spacial score (nSPS) is 15.3. The van der Waals surface area contributed by atoms with Crippen LogP contribution in [0.25, 0.3) is 17.4 Å². The van der Waals surface area contributed by atoms with Gasteiger partial charge in [-0.25, -0.2) is 0 Å². The van der Waals surface area contributed by atoms with E-state index in [4.69, 9.17) is 16.6 Å². The molecule has 0 unspecified atom stereocenters. The number of carbonyl (C=O) groups is 2. The van der Waals surface area contributed by atoms with E-state index < -0.39 is 16.7 Å². The number of nitrogens with one attached hydrogen (secondary N) is 1. The number of hydrogen-bond donors (Lipinski definition) is 1. The molecule has 1 saturated heterocycles. The predicted molar refractivity (Wildman–Crippen MR) is 121 cm³/mol. The number of halogens is 1. The van der Waals surface area contributed by atoms with Gasteiger partial charge in [-0.1, -0.05) is 34.1 Å². The molecule has 0 spiro atoms. The lowest BCUT2D eigenvalue weighted by atomic mass is 10.1. The number of anilines is 1. The minimum Gasteiger partial charge on any atom is -0.457 e. The number of benzene rings is 2. The smallest absolute Gasteiger partial charge is 0.270 e. The Labute approximate surface area is 189 Å². The van der Waals surface area contributed by atoms with Crippen LogP contribution >= 0.6 is 28.1 Å². The van der Waals surface area contributed by atoms with Crippen LogP contribution in [0.15, 0.2) is 75.1 Å². The summed E-state index contributed by atoms with van der Waals surface area (Å²) in [5, 5.41) is 13.5. The Bertz CT molecular complexity index is 1280. The molecular formula is C21H12BrN3O5S. The molecule has 31 heavy (non-hydrogen) atoms. The molecule has 1 aliphatic rings.